The van der Waals surface area contributed by atoms with Crippen molar-refractivity contribution in [2.45, 2.75) is 25.8 Å². The zero-order valence-electron chi connectivity index (χ0n) is 11.9. The Labute approximate surface area is 121 Å². The summed E-state index contributed by atoms with van der Waals surface area (Å²) >= 11 is 0. The number of carbonyl (C=O) groups excluding carboxylic acids is 2. The third-order valence-corrected chi connectivity index (χ3v) is 2.77. The summed E-state index contributed by atoms with van der Waals surface area (Å²) in [7, 11) is 1.19. The van der Waals surface area contributed by atoms with Gasteiger partial charge in [0, 0.05) is 5.56 Å². The SMILES string of the molecule is C=C(C)C[C@H](NC(=O)Cc1c(F)cccc1F)C(=O)OC. The van der Waals surface area contributed by atoms with E-state index in [1.807, 2.05) is 0 Å². The van der Waals surface area contributed by atoms with Gasteiger partial charge in [0.2, 0.25) is 5.91 Å². The average Bonchev–Trinajstić information content (AvgIpc) is 2.41. The molecule has 1 aromatic carbocycles. The minimum absolute atomic E-state index is 0.193. The number of rotatable bonds is 6. The molecule has 0 aliphatic carbocycles. The third kappa shape index (κ3) is 4.98. The molecule has 0 fully saturated rings. The highest BCUT2D eigenvalue weighted by Gasteiger charge is 2.22. The van der Waals surface area contributed by atoms with Crippen LogP contribution in [-0.2, 0) is 20.7 Å². The fraction of sp³-hybridized carbons (Fsp3) is 0.333. The van der Waals surface area contributed by atoms with Crippen LogP contribution in [0.25, 0.3) is 0 Å². The van der Waals surface area contributed by atoms with Crippen LogP contribution in [0.3, 0.4) is 0 Å². The van der Waals surface area contributed by atoms with Crippen LogP contribution in [0.15, 0.2) is 30.4 Å². The molecule has 6 heteroatoms. The Morgan fingerprint density at radius 1 is 1.33 bits per heavy atom. The molecule has 0 aromatic heterocycles. The Hall–Kier alpha value is -2.24. The van der Waals surface area contributed by atoms with Crippen LogP contribution >= 0.6 is 0 Å². The fourth-order valence-corrected chi connectivity index (χ4v) is 1.79. The first-order chi connectivity index (χ1) is 9.85. The molecule has 1 atom stereocenters. The molecule has 4 nitrogen and oxygen atoms in total. The van der Waals surface area contributed by atoms with E-state index in [0.29, 0.717) is 5.57 Å². The summed E-state index contributed by atoms with van der Waals surface area (Å²) < 4.78 is 31.5. The summed E-state index contributed by atoms with van der Waals surface area (Å²) in [5.41, 5.74) is 0.330. The van der Waals surface area contributed by atoms with E-state index in [2.05, 4.69) is 16.6 Å². The largest absolute Gasteiger partial charge is 0.467 e. The zero-order valence-corrected chi connectivity index (χ0v) is 11.9. The van der Waals surface area contributed by atoms with Crippen molar-refractivity contribution in [1.29, 1.82) is 0 Å². The van der Waals surface area contributed by atoms with Gasteiger partial charge >= 0.3 is 5.97 Å². The molecular formula is C15H17F2NO3. The van der Waals surface area contributed by atoms with Gasteiger partial charge in [-0.15, -0.1) is 6.58 Å². The predicted molar refractivity (Wildman–Crippen MR) is 73.4 cm³/mol. The summed E-state index contributed by atoms with van der Waals surface area (Å²) in [5.74, 6) is -2.92. The normalized spacial score (nSPS) is 11.6. The van der Waals surface area contributed by atoms with Gasteiger partial charge in [-0.1, -0.05) is 11.6 Å². The van der Waals surface area contributed by atoms with Gasteiger partial charge < -0.3 is 10.1 Å². The highest BCUT2D eigenvalue weighted by Crippen LogP contribution is 2.13. The maximum absolute atomic E-state index is 13.5. The van der Waals surface area contributed by atoms with E-state index in [0.717, 1.165) is 12.1 Å². The van der Waals surface area contributed by atoms with Crippen LogP contribution in [0, 0.1) is 11.6 Å². The van der Waals surface area contributed by atoms with Crippen molar-refractivity contribution in [3.05, 3.63) is 47.5 Å². The zero-order chi connectivity index (χ0) is 16.0. The first-order valence-electron chi connectivity index (χ1n) is 6.29. The van der Waals surface area contributed by atoms with Crippen molar-refractivity contribution in [2.24, 2.45) is 0 Å². The maximum atomic E-state index is 13.5. The Kier molecular flexibility index (Phi) is 6.02. The van der Waals surface area contributed by atoms with Crippen molar-refractivity contribution < 1.29 is 23.1 Å². The van der Waals surface area contributed by atoms with Crippen molar-refractivity contribution in [3.8, 4) is 0 Å². The van der Waals surface area contributed by atoms with E-state index in [1.54, 1.807) is 6.92 Å². The Bertz CT molecular complexity index is 538. The van der Waals surface area contributed by atoms with Crippen LogP contribution in [-0.4, -0.2) is 25.0 Å². The maximum Gasteiger partial charge on any atom is 0.328 e. The van der Waals surface area contributed by atoms with Gasteiger partial charge in [-0.25, -0.2) is 13.6 Å². The fourth-order valence-electron chi connectivity index (χ4n) is 1.79. The number of amides is 1. The number of esters is 1. The first kappa shape index (κ1) is 16.8. The molecule has 1 N–H and O–H groups in total. The molecular weight excluding hydrogens is 280 g/mol. The lowest BCUT2D eigenvalue weighted by Gasteiger charge is -2.16. The van der Waals surface area contributed by atoms with E-state index >= 15 is 0 Å². The molecule has 0 aliphatic rings. The number of halogens is 2. The summed E-state index contributed by atoms with van der Waals surface area (Å²) in [5, 5.41) is 2.39. The minimum atomic E-state index is -0.921. The Balaban J connectivity index is 2.78. The van der Waals surface area contributed by atoms with E-state index in [4.69, 9.17) is 0 Å². The van der Waals surface area contributed by atoms with E-state index < -0.39 is 36.0 Å². The second-order valence-electron chi connectivity index (χ2n) is 4.68. The van der Waals surface area contributed by atoms with Crippen LogP contribution in [0.2, 0.25) is 0 Å². The standard InChI is InChI=1S/C15H17F2NO3/c1-9(2)7-13(15(20)21-3)18-14(19)8-10-11(16)5-4-6-12(10)17/h4-6,13H,1,7-8H2,2-3H3,(H,18,19)/t13-/m0/s1. The van der Waals surface area contributed by atoms with Crippen molar-refractivity contribution in [3.63, 3.8) is 0 Å². The Morgan fingerprint density at radius 2 is 1.90 bits per heavy atom. The van der Waals surface area contributed by atoms with Gasteiger partial charge in [-0.3, -0.25) is 4.79 Å². The molecule has 0 spiro atoms. The van der Waals surface area contributed by atoms with E-state index in [9.17, 15) is 18.4 Å². The van der Waals surface area contributed by atoms with Crippen molar-refractivity contribution in [2.75, 3.05) is 7.11 Å². The number of ether oxygens (including phenoxy) is 1. The Morgan fingerprint density at radius 3 is 2.38 bits per heavy atom. The van der Waals surface area contributed by atoms with Gasteiger partial charge in [0.05, 0.1) is 13.5 Å². The lowest BCUT2D eigenvalue weighted by Crippen LogP contribution is -2.42. The number of carbonyl (C=O) groups is 2. The summed E-state index contributed by atoms with van der Waals surface area (Å²) in [6.07, 6.45) is -0.305. The molecule has 0 heterocycles. The molecule has 21 heavy (non-hydrogen) atoms. The van der Waals surface area contributed by atoms with Gasteiger partial charge in [-0.2, -0.15) is 0 Å². The highest BCUT2D eigenvalue weighted by molar-refractivity contribution is 5.85. The van der Waals surface area contributed by atoms with Gasteiger partial charge in [-0.05, 0) is 25.5 Å². The first-order valence-corrected chi connectivity index (χ1v) is 6.29. The van der Waals surface area contributed by atoms with E-state index in [1.165, 1.54) is 13.2 Å². The van der Waals surface area contributed by atoms with E-state index in [-0.39, 0.29) is 12.0 Å². The summed E-state index contributed by atoms with van der Waals surface area (Å²) in [4.78, 5) is 23.4. The molecule has 0 saturated carbocycles. The van der Waals surface area contributed by atoms with Gasteiger partial charge in [0.1, 0.15) is 17.7 Å². The van der Waals surface area contributed by atoms with Crippen molar-refractivity contribution in [1.82, 2.24) is 5.32 Å². The number of methoxy groups -OCH3 is 1. The number of hydrogen-bond acceptors (Lipinski definition) is 3. The molecule has 114 valence electrons. The number of hydrogen-bond donors (Lipinski definition) is 1. The predicted octanol–water partition coefficient (Wildman–Crippen LogP) is 2.13. The van der Waals surface area contributed by atoms with Crippen molar-refractivity contribution >= 4 is 11.9 Å². The number of benzene rings is 1. The van der Waals surface area contributed by atoms with Crippen LogP contribution in [0.1, 0.15) is 18.9 Å². The second-order valence-corrected chi connectivity index (χ2v) is 4.68. The minimum Gasteiger partial charge on any atom is -0.467 e. The summed E-state index contributed by atoms with van der Waals surface area (Å²) in [6, 6.07) is 2.42. The number of nitrogens with one attached hydrogen (secondary N) is 1. The second kappa shape index (κ2) is 7.52. The molecule has 0 saturated heterocycles. The van der Waals surface area contributed by atoms with Gasteiger partial charge in [0.25, 0.3) is 0 Å². The highest BCUT2D eigenvalue weighted by atomic mass is 19.1. The molecule has 0 unspecified atom stereocenters. The quantitative estimate of drug-likeness (QED) is 0.646. The molecule has 1 rings (SSSR count). The molecule has 0 bridgehead atoms. The lowest BCUT2D eigenvalue weighted by atomic mass is 10.1. The average molecular weight is 297 g/mol. The lowest BCUT2D eigenvalue weighted by molar-refractivity contribution is -0.145. The third-order valence-electron chi connectivity index (χ3n) is 2.77. The molecule has 1 amide bonds. The summed E-state index contributed by atoms with van der Waals surface area (Å²) in [6.45, 7) is 5.35. The van der Waals surface area contributed by atoms with Gasteiger partial charge in [0.15, 0.2) is 0 Å². The molecule has 0 aliphatic heterocycles. The molecule has 0 radical (unpaired) electrons. The smallest absolute Gasteiger partial charge is 0.328 e. The van der Waals surface area contributed by atoms with Crippen LogP contribution in [0.4, 0.5) is 8.78 Å². The van der Waals surface area contributed by atoms with Crippen LogP contribution in [0.5, 0.6) is 0 Å². The molecule has 1 aromatic rings. The monoisotopic (exact) mass is 297 g/mol. The van der Waals surface area contributed by atoms with Crippen LogP contribution < -0.4 is 5.32 Å². The topological polar surface area (TPSA) is 55.4 Å².